The van der Waals surface area contributed by atoms with Crippen LogP contribution in [0.3, 0.4) is 0 Å². The lowest BCUT2D eigenvalue weighted by Gasteiger charge is -2.04. The number of nitrogens with zero attached hydrogens (tertiary/aromatic N) is 4. The predicted molar refractivity (Wildman–Crippen MR) is 83.9 cm³/mol. The molecule has 0 aliphatic rings. The number of nitrogens with one attached hydrogen (secondary N) is 1. The quantitative estimate of drug-likeness (QED) is 0.798. The third-order valence-electron chi connectivity index (χ3n) is 3.18. The number of carbonyl (C=O) groups excluding carboxylic acids is 1. The van der Waals surface area contributed by atoms with Gasteiger partial charge in [0.2, 0.25) is 0 Å². The van der Waals surface area contributed by atoms with E-state index in [2.05, 4.69) is 15.5 Å². The number of aryl methyl sites for hydroxylation is 1. The van der Waals surface area contributed by atoms with Crippen LogP contribution in [0.4, 0.5) is 10.2 Å². The fourth-order valence-corrected chi connectivity index (χ4v) is 2.28. The lowest BCUT2D eigenvalue weighted by molar-refractivity contribution is 0.102. The molecular formula is C15H13ClFN5O. The van der Waals surface area contributed by atoms with E-state index < -0.39 is 0 Å². The molecule has 1 N–H and O–H groups in total. The Morgan fingerprint density at radius 1 is 1.26 bits per heavy atom. The van der Waals surface area contributed by atoms with Gasteiger partial charge in [-0.15, -0.1) is 0 Å². The predicted octanol–water partition coefficient (Wildman–Crippen LogP) is 2.71. The number of benzene rings is 1. The fourth-order valence-electron chi connectivity index (χ4n) is 2.06. The second-order valence-electron chi connectivity index (χ2n) is 4.96. The van der Waals surface area contributed by atoms with Gasteiger partial charge in [0, 0.05) is 30.5 Å². The van der Waals surface area contributed by atoms with Crippen molar-refractivity contribution < 1.29 is 9.18 Å². The summed E-state index contributed by atoms with van der Waals surface area (Å²) in [5.41, 5.74) is 1.04. The molecule has 0 unspecified atom stereocenters. The van der Waals surface area contributed by atoms with Crippen molar-refractivity contribution >= 4 is 23.3 Å². The molecule has 23 heavy (non-hydrogen) atoms. The van der Waals surface area contributed by atoms with Crippen molar-refractivity contribution in [3.05, 3.63) is 64.8 Å². The lowest BCUT2D eigenvalue weighted by Crippen LogP contribution is -2.14. The molecule has 0 aliphatic carbocycles. The maximum Gasteiger partial charge on any atom is 0.277 e. The van der Waals surface area contributed by atoms with Gasteiger partial charge in [0.25, 0.3) is 5.91 Å². The molecule has 6 nitrogen and oxygen atoms in total. The highest BCUT2D eigenvalue weighted by Gasteiger charge is 2.11. The van der Waals surface area contributed by atoms with Crippen LogP contribution in [0.2, 0.25) is 5.02 Å². The van der Waals surface area contributed by atoms with Gasteiger partial charge in [0.05, 0.1) is 6.54 Å². The molecule has 0 atom stereocenters. The first-order chi connectivity index (χ1) is 11.0. The monoisotopic (exact) mass is 333 g/mol. The van der Waals surface area contributed by atoms with Crippen LogP contribution in [0.25, 0.3) is 0 Å². The van der Waals surface area contributed by atoms with E-state index >= 15 is 0 Å². The Balaban J connectivity index is 1.69. The Hall–Kier alpha value is -2.67. The summed E-state index contributed by atoms with van der Waals surface area (Å²) in [7, 11) is 1.73. The van der Waals surface area contributed by atoms with E-state index in [0.29, 0.717) is 23.1 Å². The van der Waals surface area contributed by atoms with E-state index in [1.165, 1.54) is 12.1 Å². The van der Waals surface area contributed by atoms with Crippen molar-refractivity contribution in [3.8, 4) is 0 Å². The van der Waals surface area contributed by atoms with Crippen LogP contribution in [0.15, 0.2) is 42.7 Å². The first-order valence-electron chi connectivity index (χ1n) is 6.79. The summed E-state index contributed by atoms with van der Waals surface area (Å²) in [6, 6.07) is 7.48. The third kappa shape index (κ3) is 3.57. The van der Waals surface area contributed by atoms with Gasteiger partial charge in [-0.05, 0) is 23.8 Å². The topological polar surface area (TPSA) is 64.7 Å². The minimum atomic E-state index is -0.387. The number of carbonyl (C=O) groups is 1. The molecule has 118 valence electrons. The molecule has 8 heteroatoms. The number of hydrogen-bond donors (Lipinski definition) is 1. The van der Waals surface area contributed by atoms with Gasteiger partial charge in [0.1, 0.15) is 5.82 Å². The van der Waals surface area contributed by atoms with E-state index in [-0.39, 0.29) is 11.7 Å². The van der Waals surface area contributed by atoms with Gasteiger partial charge in [-0.25, -0.2) is 4.39 Å². The van der Waals surface area contributed by atoms with Crippen molar-refractivity contribution in [2.45, 2.75) is 6.54 Å². The Morgan fingerprint density at radius 3 is 2.78 bits per heavy atom. The summed E-state index contributed by atoms with van der Waals surface area (Å²) >= 11 is 5.99. The van der Waals surface area contributed by atoms with E-state index in [0.717, 1.165) is 5.56 Å². The molecule has 0 aliphatic heterocycles. The average molecular weight is 334 g/mol. The number of rotatable bonds is 4. The molecule has 0 saturated carbocycles. The van der Waals surface area contributed by atoms with Crippen LogP contribution < -0.4 is 5.32 Å². The Labute approximate surface area is 136 Å². The van der Waals surface area contributed by atoms with Gasteiger partial charge < -0.3 is 5.32 Å². The molecule has 1 aromatic carbocycles. The minimum absolute atomic E-state index is 0.309. The minimum Gasteiger partial charge on any atom is -0.304 e. The number of hydrogen-bond acceptors (Lipinski definition) is 3. The summed E-state index contributed by atoms with van der Waals surface area (Å²) in [6.45, 7) is 0.374. The molecule has 2 heterocycles. The Bertz CT molecular complexity index is 857. The zero-order chi connectivity index (χ0) is 16.4. The van der Waals surface area contributed by atoms with Crippen LogP contribution in [0.1, 0.15) is 16.1 Å². The van der Waals surface area contributed by atoms with Gasteiger partial charge in [0.15, 0.2) is 11.5 Å². The van der Waals surface area contributed by atoms with Crippen molar-refractivity contribution in [1.82, 2.24) is 19.6 Å². The second-order valence-corrected chi connectivity index (χ2v) is 5.37. The molecule has 0 fully saturated rings. The zero-order valence-electron chi connectivity index (χ0n) is 12.2. The second kappa shape index (κ2) is 6.21. The highest BCUT2D eigenvalue weighted by atomic mass is 35.5. The van der Waals surface area contributed by atoms with Gasteiger partial charge in [-0.3, -0.25) is 14.2 Å². The highest BCUT2D eigenvalue weighted by molar-refractivity contribution is 6.31. The summed E-state index contributed by atoms with van der Waals surface area (Å²) < 4.78 is 16.2. The molecule has 0 saturated heterocycles. The van der Waals surface area contributed by atoms with Gasteiger partial charge in [-0.2, -0.15) is 10.2 Å². The van der Waals surface area contributed by atoms with Crippen LogP contribution in [0, 0.1) is 5.82 Å². The number of halogens is 2. The fraction of sp³-hybridized carbons (Fsp3) is 0.133. The first-order valence-corrected chi connectivity index (χ1v) is 7.17. The van der Waals surface area contributed by atoms with E-state index in [1.54, 1.807) is 47.0 Å². The van der Waals surface area contributed by atoms with Gasteiger partial charge >= 0.3 is 0 Å². The van der Waals surface area contributed by atoms with Crippen molar-refractivity contribution in [2.75, 3.05) is 5.32 Å². The highest BCUT2D eigenvalue weighted by Crippen LogP contribution is 2.18. The molecule has 0 radical (unpaired) electrons. The molecule has 0 spiro atoms. The number of anilines is 1. The summed E-state index contributed by atoms with van der Waals surface area (Å²) in [6.07, 6.45) is 3.39. The molecule has 3 rings (SSSR count). The summed E-state index contributed by atoms with van der Waals surface area (Å²) in [4.78, 5) is 12.0. The van der Waals surface area contributed by atoms with E-state index in [9.17, 15) is 9.18 Å². The molecule has 0 bridgehead atoms. The summed E-state index contributed by atoms with van der Waals surface area (Å²) in [5, 5.41) is 11.3. The first kappa shape index (κ1) is 15.2. The average Bonchev–Trinajstić information content (AvgIpc) is 3.11. The summed E-state index contributed by atoms with van der Waals surface area (Å²) in [5.74, 6) is -0.322. The van der Waals surface area contributed by atoms with Crippen LogP contribution in [-0.4, -0.2) is 25.5 Å². The number of aromatic nitrogens is 4. The van der Waals surface area contributed by atoms with Gasteiger partial charge in [-0.1, -0.05) is 17.7 Å². The maximum atomic E-state index is 13.0. The van der Waals surface area contributed by atoms with Crippen molar-refractivity contribution in [3.63, 3.8) is 0 Å². The Morgan fingerprint density at radius 2 is 2.09 bits per heavy atom. The van der Waals surface area contributed by atoms with E-state index in [1.807, 2.05) is 0 Å². The van der Waals surface area contributed by atoms with Crippen LogP contribution >= 0.6 is 11.6 Å². The smallest absolute Gasteiger partial charge is 0.277 e. The Kier molecular flexibility index (Phi) is 4.12. The molecular weight excluding hydrogens is 321 g/mol. The number of amides is 1. The third-order valence-corrected chi connectivity index (χ3v) is 3.53. The molecule has 3 aromatic rings. The SMILES string of the molecule is Cn1ccc(C(=O)Nc2ccn(Cc3ccc(F)cc3Cl)n2)n1. The molecule has 2 aromatic heterocycles. The normalized spacial score (nSPS) is 10.7. The largest absolute Gasteiger partial charge is 0.304 e. The van der Waals surface area contributed by atoms with Crippen LogP contribution in [-0.2, 0) is 13.6 Å². The van der Waals surface area contributed by atoms with E-state index in [4.69, 9.17) is 11.6 Å². The van der Waals surface area contributed by atoms with Crippen LogP contribution in [0.5, 0.6) is 0 Å². The van der Waals surface area contributed by atoms with Crippen molar-refractivity contribution in [1.29, 1.82) is 0 Å². The standard InChI is InChI=1S/C15H13ClFN5O/c1-21-6-4-13(19-21)15(23)18-14-5-7-22(20-14)9-10-2-3-11(17)8-12(10)16/h2-8H,9H2,1H3,(H,18,20,23). The van der Waals surface area contributed by atoms with Crippen molar-refractivity contribution in [2.24, 2.45) is 7.05 Å². The maximum absolute atomic E-state index is 13.0. The lowest BCUT2D eigenvalue weighted by atomic mass is 10.2. The zero-order valence-corrected chi connectivity index (χ0v) is 13.0. The molecule has 1 amide bonds.